The van der Waals surface area contributed by atoms with Crippen LogP contribution in [-0.2, 0) is 6.54 Å². The Balaban J connectivity index is 1.88. The molecule has 4 heteroatoms. The molecule has 1 aliphatic heterocycles. The molecule has 1 atom stereocenters. The summed E-state index contributed by atoms with van der Waals surface area (Å²) in [7, 11) is 0. The van der Waals surface area contributed by atoms with Crippen LogP contribution in [0.25, 0.3) is 0 Å². The van der Waals surface area contributed by atoms with Gasteiger partial charge in [0.05, 0.1) is 5.69 Å². The molecular weight excluding hydrogens is 234 g/mol. The zero-order chi connectivity index (χ0) is 12.1. The first-order valence-corrected chi connectivity index (χ1v) is 6.86. The largest absolute Gasteiger partial charge is 0.297 e. The second-order valence-electron chi connectivity index (χ2n) is 4.83. The monoisotopic (exact) mass is 253 g/mol. The molecule has 0 saturated carbocycles. The third-order valence-corrected chi connectivity index (χ3v) is 3.79. The Morgan fingerprint density at radius 3 is 2.88 bits per heavy atom. The maximum atomic E-state index is 5.73. The highest BCUT2D eigenvalue weighted by Crippen LogP contribution is 2.21. The van der Waals surface area contributed by atoms with Crippen molar-refractivity contribution in [3.8, 4) is 0 Å². The highest BCUT2D eigenvalue weighted by Gasteiger charge is 2.16. The van der Waals surface area contributed by atoms with Crippen LogP contribution in [0.3, 0.4) is 0 Å². The van der Waals surface area contributed by atoms with Gasteiger partial charge < -0.3 is 0 Å². The van der Waals surface area contributed by atoms with E-state index in [4.69, 9.17) is 11.6 Å². The van der Waals surface area contributed by atoms with Crippen molar-refractivity contribution in [2.75, 3.05) is 13.1 Å². The first-order valence-electron chi connectivity index (χ1n) is 6.48. The van der Waals surface area contributed by atoms with E-state index >= 15 is 0 Å². The van der Waals surface area contributed by atoms with Gasteiger partial charge in [-0.15, -0.1) is 5.10 Å². The average Bonchev–Trinajstić information content (AvgIpc) is 2.57. The Morgan fingerprint density at radius 2 is 2.18 bits per heavy atom. The van der Waals surface area contributed by atoms with Gasteiger partial charge in [0.2, 0.25) is 0 Å². The van der Waals surface area contributed by atoms with Crippen LogP contribution >= 0.6 is 11.6 Å². The Bertz CT molecular complexity index is 339. The summed E-state index contributed by atoms with van der Waals surface area (Å²) in [5.41, 5.74) is 1.02. The molecule has 0 spiro atoms. The van der Waals surface area contributed by atoms with E-state index in [1.54, 1.807) is 0 Å². The van der Waals surface area contributed by atoms with E-state index in [-0.39, 0.29) is 0 Å². The first kappa shape index (κ1) is 12.8. The molecule has 0 N–H and O–H groups in total. The van der Waals surface area contributed by atoms with Crippen molar-refractivity contribution in [2.45, 2.75) is 39.2 Å². The standard InChI is InChI=1S/C13H20ClN3/c1-2-11-4-3-8-17(9-7-11)10-12-5-6-13(14)16-15-12/h5-6,11H,2-4,7-10H2,1H3. The third-order valence-electron chi connectivity index (χ3n) is 3.59. The lowest BCUT2D eigenvalue weighted by Gasteiger charge is -2.19. The summed E-state index contributed by atoms with van der Waals surface area (Å²) in [5.74, 6) is 0.913. The van der Waals surface area contributed by atoms with Crippen LogP contribution < -0.4 is 0 Å². The maximum Gasteiger partial charge on any atom is 0.151 e. The van der Waals surface area contributed by atoms with Crippen LogP contribution in [0, 0.1) is 5.92 Å². The van der Waals surface area contributed by atoms with Gasteiger partial charge in [-0.2, -0.15) is 5.10 Å². The summed E-state index contributed by atoms with van der Waals surface area (Å²) in [5, 5.41) is 8.47. The summed E-state index contributed by atoms with van der Waals surface area (Å²) in [6, 6.07) is 3.79. The molecule has 1 unspecified atom stereocenters. The smallest absolute Gasteiger partial charge is 0.151 e. The van der Waals surface area contributed by atoms with E-state index in [0.717, 1.165) is 18.2 Å². The molecule has 0 aliphatic carbocycles. The van der Waals surface area contributed by atoms with Gasteiger partial charge in [0.1, 0.15) is 0 Å². The van der Waals surface area contributed by atoms with Gasteiger partial charge in [0, 0.05) is 6.54 Å². The lowest BCUT2D eigenvalue weighted by molar-refractivity contribution is 0.268. The highest BCUT2D eigenvalue weighted by molar-refractivity contribution is 6.29. The summed E-state index contributed by atoms with van der Waals surface area (Å²) in [6.07, 6.45) is 5.31. The lowest BCUT2D eigenvalue weighted by Crippen LogP contribution is -2.24. The molecule has 1 aromatic heterocycles. The Kier molecular flexibility index (Phi) is 4.75. The molecule has 3 nitrogen and oxygen atoms in total. The highest BCUT2D eigenvalue weighted by atomic mass is 35.5. The van der Waals surface area contributed by atoms with Crippen LogP contribution in [0.4, 0.5) is 0 Å². The lowest BCUT2D eigenvalue weighted by atomic mass is 9.98. The van der Waals surface area contributed by atoms with E-state index in [2.05, 4.69) is 22.0 Å². The van der Waals surface area contributed by atoms with E-state index in [1.165, 1.54) is 38.8 Å². The number of aromatic nitrogens is 2. The molecule has 17 heavy (non-hydrogen) atoms. The molecule has 0 bridgehead atoms. The van der Waals surface area contributed by atoms with E-state index < -0.39 is 0 Å². The first-order chi connectivity index (χ1) is 8.28. The average molecular weight is 254 g/mol. The molecule has 94 valence electrons. The van der Waals surface area contributed by atoms with Crippen molar-refractivity contribution in [2.24, 2.45) is 5.92 Å². The zero-order valence-electron chi connectivity index (χ0n) is 10.4. The Labute approximate surface area is 108 Å². The van der Waals surface area contributed by atoms with Crippen molar-refractivity contribution in [1.29, 1.82) is 0 Å². The number of hydrogen-bond acceptors (Lipinski definition) is 3. The molecule has 2 heterocycles. The number of likely N-dealkylation sites (tertiary alicyclic amines) is 1. The van der Waals surface area contributed by atoms with Gasteiger partial charge in [-0.05, 0) is 50.4 Å². The Morgan fingerprint density at radius 1 is 1.29 bits per heavy atom. The van der Waals surface area contributed by atoms with Crippen LogP contribution in [0.5, 0.6) is 0 Å². The predicted molar refractivity (Wildman–Crippen MR) is 70.0 cm³/mol. The van der Waals surface area contributed by atoms with Crippen molar-refractivity contribution >= 4 is 11.6 Å². The Hall–Kier alpha value is -0.670. The molecule has 2 rings (SSSR count). The fraction of sp³-hybridized carbons (Fsp3) is 0.692. The second-order valence-corrected chi connectivity index (χ2v) is 5.22. The number of halogens is 1. The van der Waals surface area contributed by atoms with Crippen molar-refractivity contribution < 1.29 is 0 Å². The van der Waals surface area contributed by atoms with Crippen LogP contribution in [0.2, 0.25) is 5.15 Å². The van der Waals surface area contributed by atoms with Gasteiger partial charge in [0.25, 0.3) is 0 Å². The number of rotatable bonds is 3. The van der Waals surface area contributed by atoms with Gasteiger partial charge in [-0.25, -0.2) is 0 Å². The third kappa shape index (κ3) is 3.93. The van der Waals surface area contributed by atoms with Crippen LogP contribution in [-0.4, -0.2) is 28.2 Å². The number of nitrogens with zero attached hydrogens (tertiary/aromatic N) is 3. The molecule has 1 aliphatic rings. The quantitative estimate of drug-likeness (QED) is 0.829. The van der Waals surface area contributed by atoms with Gasteiger partial charge >= 0.3 is 0 Å². The molecule has 0 aromatic carbocycles. The summed E-state index contributed by atoms with van der Waals surface area (Å²) < 4.78 is 0. The number of hydrogen-bond donors (Lipinski definition) is 0. The van der Waals surface area contributed by atoms with Crippen LogP contribution in [0.15, 0.2) is 12.1 Å². The topological polar surface area (TPSA) is 29.0 Å². The second kappa shape index (κ2) is 6.31. The fourth-order valence-electron chi connectivity index (χ4n) is 2.45. The van der Waals surface area contributed by atoms with Gasteiger partial charge in [-0.1, -0.05) is 24.9 Å². The van der Waals surface area contributed by atoms with E-state index in [0.29, 0.717) is 5.15 Å². The molecular formula is C13H20ClN3. The molecule has 0 radical (unpaired) electrons. The zero-order valence-corrected chi connectivity index (χ0v) is 11.2. The summed E-state index contributed by atoms with van der Waals surface area (Å²) in [4.78, 5) is 2.48. The molecule has 1 aromatic rings. The fourth-order valence-corrected chi connectivity index (χ4v) is 2.55. The van der Waals surface area contributed by atoms with Gasteiger partial charge in [0.15, 0.2) is 5.15 Å². The minimum absolute atomic E-state index is 0.468. The van der Waals surface area contributed by atoms with E-state index in [9.17, 15) is 0 Å². The summed E-state index contributed by atoms with van der Waals surface area (Å²) >= 11 is 5.73. The van der Waals surface area contributed by atoms with Crippen molar-refractivity contribution in [3.05, 3.63) is 23.0 Å². The van der Waals surface area contributed by atoms with E-state index in [1.807, 2.05) is 12.1 Å². The van der Waals surface area contributed by atoms with Crippen molar-refractivity contribution in [3.63, 3.8) is 0 Å². The predicted octanol–water partition coefficient (Wildman–Crippen LogP) is 3.14. The van der Waals surface area contributed by atoms with Crippen molar-refractivity contribution in [1.82, 2.24) is 15.1 Å². The molecule has 1 saturated heterocycles. The minimum Gasteiger partial charge on any atom is -0.297 e. The minimum atomic E-state index is 0.468. The normalized spacial score (nSPS) is 22.4. The maximum absolute atomic E-state index is 5.73. The molecule has 0 amide bonds. The summed E-state index contributed by atoms with van der Waals surface area (Å²) in [6.45, 7) is 5.56. The van der Waals surface area contributed by atoms with Gasteiger partial charge in [-0.3, -0.25) is 4.90 Å². The van der Waals surface area contributed by atoms with Crippen LogP contribution in [0.1, 0.15) is 38.3 Å². The molecule has 1 fully saturated rings. The SMILES string of the molecule is CCC1CCCN(Cc2ccc(Cl)nn2)CC1.